The van der Waals surface area contributed by atoms with Gasteiger partial charge in [0.2, 0.25) is 5.88 Å². The first kappa shape index (κ1) is 24.8. The lowest BCUT2D eigenvalue weighted by Gasteiger charge is -2.30. The SMILES string of the molecule is COC1=CN(C)C(C(F)F)C=C1c1cc(OC)ncc1C(=O)NCSC(C#CC1CC1)NN. The second-order valence-corrected chi connectivity index (χ2v) is 8.56. The molecule has 0 aromatic carbocycles. The van der Waals surface area contributed by atoms with Crippen LogP contribution in [0.1, 0.15) is 28.8 Å². The van der Waals surface area contributed by atoms with E-state index in [1.165, 1.54) is 62.5 Å². The number of allylic oxidation sites excluding steroid dienone is 1. The van der Waals surface area contributed by atoms with E-state index in [1.54, 1.807) is 0 Å². The Morgan fingerprint density at radius 1 is 1.39 bits per heavy atom. The Morgan fingerprint density at radius 2 is 2.15 bits per heavy atom. The van der Waals surface area contributed by atoms with Crippen LogP contribution in [0, 0.1) is 17.8 Å². The molecule has 0 spiro atoms. The van der Waals surface area contributed by atoms with E-state index in [2.05, 4.69) is 27.6 Å². The standard InChI is InChI=1S/C22H27F2N5O3S/c1-29-11-18(31-2)15(8-17(29)21(23)24)14-9-19(32-3)26-10-16(14)22(30)27-12-33-20(28-25)7-6-13-4-5-13/h8-11,13,17,20-21,28H,4-5,12,25H2,1-3H3,(H,27,30). The van der Waals surface area contributed by atoms with Gasteiger partial charge in [-0.05, 0) is 18.9 Å². The zero-order valence-corrected chi connectivity index (χ0v) is 19.4. The van der Waals surface area contributed by atoms with E-state index < -0.39 is 18.4 Å². The van der Waals surface area contributed by atoms with Crippen molar-refractivity contribution < 1.29 is 23.0 Å². The molecule has 2 heterocycles. The molecule has 1 aromatic rings. The number of nitrogens with two attached hydrogens (primary N) is 1. The number of halogens is 2. The van der Waals surface area contributed by atoms with Crippen LogP contribution in [0.25, 0.3) is 5.57 Å². The molecule has 2 atom stereocenters. The Balaban J connectivity index is 1.83. The second-order valence-electron chi connectivity index (χ2n) is 7.47. The topological polar surface area (TPSA) is 102 Å². The summed E-state index contributed by atoms with van der Waals surface area (Å²) in [5.74, 6) is 12.5. The number of rotatable bonds is 9. The summed E-state index contributed by atoms with van der Waals surface area (Å²) >= 11 is 1.33. The van der Waals surface area contributed by atoms with Crippen LogP contribution < -0.4 is 21.3 Å². The van der Waals surface area contributed by atoms with E-state index in [-0.39, 0.29) is 22.7 Å². The van der Waals surface area contributed by atoms with Gasteiger partial charge in [0.1, 0.15) is 17.2 Å². The predicted octanol–water partition coefficient (Wildman–Crippen LogP) is 2.16. The average molecular weight is 480 g/mol. The monoisotopic (exact) mass is 479 g/mol. The van der Waals surface area contributed by atoms with Gasteiger partial charge < -0.3 is 19.7 Å². The first-order chi connectivity index (χ1) is 15.9. The van der Waals surface area contributed by atoms with Crippen LogP contribution in [-0.4, -0.2) is 60.8 Å². The lowest BCUT2D eigenvalue weighted by atomic mass is 9.95. The Hall–Kier alpha value is -2.81. The number of aromatic nitrogens is 1. The van der Waals surface area contributed by atoms with Crippen LogP contribution in [0.5, 0.6) is 5.88 Å². The quantitative estimate of drug-likeness (QED) is 0.214. The molecule has 2 aliphatic rings. The molecule has 1 aromatic heterocycles. The van der Waals surface area contributed by atoms with Gasteiger partial charge in [0.05, 0.1) is 25.7 Å². The molecule has 4 N–H and O–H groups in total. The summed E-state index contributed by atoms with van der Waals surface area (Å²) in [6.07, 6.45) is 3.79. The highest BCUT2D eigenvalue weighted by Crippen LogP contribution is 2.34. The summed E-state index contributed by atoms with van der Waals surface area (Å²) in [7, 11) is 4.41. The molecule has 1 saturated carbocycles. The minimum absolute atomic E-state index is 0.199. The fraction of sp³-hybridized carbons (Fsp3) is 0.455. The minimum Gasteiger partial charge on any atom is -0.495 e. The maximum absolute atomic E-state index is 13.6. The van der Waals surface area contributed by atoms with E-state index >= 15 is 0 Å². The fourth-order valence-corrected chi connectivity index (χ4v) is 3.77. The number of carbonyl (C=O) groups is 1. The average Bonchev–Trinajstić information content (AvgIpc) is 3.64. The van der Waals surface area contributed by atoms with Gasteiger partial charge >= 0.3 is 0 Å². The van der Waals surface area contributed by atoms with Gasteiger partial charge in [-0.25, -0.2) is 19.2 Å². The summed E-state index contributed by atoms with van der Waals surface area (Å²) in [4.78, 5) is 18.5. The molecule has 8 nitrogen and oxygen atoms in total. The Bertz CT molecular complexity index is 988. The summed E-state index contributed by atoms with van der Waals surface area (Å²) in [5, 5.41) is 2.47. The van der Waals surface area contributed by atoms with Crippen molar-refractivity contribution in [2.24, 2.45) is 11.8 Å². The van der Waals surface area contributed by atoms with Gasteiger partial charge in [0.25, 0.3) is 12.3 Å². The van der Waals surface area contributed by atoms with Crippen molar-refractivity contribution in [3.8, 4) is 17.7 Å². The van der Waals surface area contributed by atoms with E-state index in [0.29, 0.717) is 22.8 Å². The van der Waals surface area contributed by atoms with Crippen molar-refractivity contribution in [3.63, 3.8) is 0 Å². The fourth-order valence-electron chi connectivity index (χ4n) is 3.14. The van der Waals surface area contributed by atoms with Crippen LogP contribution in [0.2, 0.25) is 0 Å². The molecule has 11 heteroatoms. The summed E-state index contributed by atoms with van der Waals surface area (Å²) in [6.45, 7) is 0. The minimum atomic E-state index is -2.63. The molecule has 1 aliphatic heterocycles. The van der Waals surface area contributed by atoms with Crippen LogP contribution in [0.3, 0.4) is 0 Å². The summed E-state index contributed by atoms with van der Waals surface area (Å²) in [6, 6.07) is 0.353. The molecular weight excluding hydrogens is 452 g/mol. The molecule has 1 aliphatic carbocycles. The first-order valence-electron chi connectivity index (χ1n) is 10.3. The molecule has 33 heavy (non-hydrogen) atoms. The van der Waals surface area contributed by atoms with Crippen molar-refractivity contribution in [1.82, 2.24) is 20.6 Å². The molecule has 0 radical (unpaired) electrons. The van der Waals surface area contributed by atoms with E-state index in [0.717, 1.165) is 12.8 Å². The lowest BCUT2D eigenvalue weighted by Crippen LogP contribution is -2.35. The highest BCUT2D eigenvalue weighted by atomic mass is 32.2. The molecule has 0 saturated heterocycles. The molecule has 1 amide bonds. The van der Waals surface area contributed by atoms with Gasteiger partial charge in [0.15, 0.2) is 0 Å². The normalized spacial score (nSPS) is 18.6. The van der Waals surface area contributed by atoms with Crippen LogP contribution in [0.15, 0.2) is 30.3 Å². The lowest BCUT2D eigenvalue weighted by molar-refractivity contribution is 0.0780. The number of pyridine rings is 1. The third-order valence-electron chi connectivity index (χ3n) is 5.12. The maximum Gasteiger partial charge on any atom is 0.262 e. The zero-order chi connectivity index (χ0) is 24.0. The van der Waals surface area contributed by atoms with E-state index in [9.17, 15) is 13.6 Å². The number of nitrogens with zero attached hydrogens (tertiary/aromatic N) is 2. The number of hydrogen-bond acceptors (Lipinski definition) is 8. The van der Waals surface area contributed by atoms with Gasteiger partial charge in [-0.3, -0.25) is 10.6 Å². The van der Waals surface area contributed by atoms with Gasteiger partial charge in [-0.2, -0.15) is 0 Å². The first-order valence-corrected chi connectivity index (χ1v) is 11.3. The third kappa shape index (κ3) is 6.37. The second kappa shape index (κ2) is 11.4. The Morgan fingerprint density at radius 3 is 2.76 bits per heavy atom. The van der Waals surface area contributed by atoms with Crippen molar-refractivity contribution in [3.05, 3.63) is 41.4 Å². The maximum atomic E-state index is 13.6. The number of amides is 1. The highest BCUT2D eigenvalue weighted by Gasteiger charge is 2.30. The van der Waals surface area contributed by atoms with Crippen molar-refractivity contribution >= 4 is 23.2 Å². The highest BCUT2D eigenvalue weighted by molar-refractivity contribution is 8.00. The van der Waals surface area contributed by atoms with Gasteiger partial charge in [-0.15, -0.1) is 11.8 Å². The number of hydrogen-bond donors (Lipinski definition) is 3. The van der Waals surface area contributed by atoms with E-state index in [4.69, 9.17) is 15.3 Å². The van der Waals surface area contributed by atoms with Crippen LogP contribution in [0.4, 0.5) is 8.78 Å². The molecule has 2 unspecified atom stereocenters. The number of likely N-dealkylation sites (N-methyl/N-ethyl adjacent to an activating group) is 1. The number of carbonyl (C=O) groups excluding carboxylic acids is 1. The summed E-state index contributed by atoms with van der Waals surface area (Å²) in [5.41, 5.74) is 3.54. The number of alkyl halides is 2. The van der Waals surface area contributed by atoms with Gasteiger partial charge in [0, 0.05) is 42.6 Å². The molecule has 3 rings (SSSR count). The van der Waals surface area contributed by atoms with E-state index in [1.807, 2.05) is 0 Å². The van der Waals surface area contributed by atoms with Gasteiger partial charge in [-0.1, -0.05) is 11.8 Å². The molecular formula is C22H27F2N5O3S. The van der Waals surface area contributed by atoms with Crippen LogP contribution >= 0.6 is 11.8 Å². The van der Waals surface area contributed by atoms with Crippen molar-refractivity contribution in [1.29, 1.82) is 0 Å². The third-order valence-corrected chi connectivity index (χ3v) is 6.02. The molecule has 0 bridgehead atoms. The Labute approximate surface area is 195 Å². The smallest absolute Gasteiger partial charge is 0.262 e. The van der Waals surface area contributed by atoms with Crippen molar-refractivity contribution in [2.75, 3.05) is 27.1 Å². The largest absolute Gasteiger partial charge is 0.495 e. The zero-order valence-electron chi connectivity index (χ0n) is 18.6. The van der Waals surface area contributed by atoms with Crippen molar-refractivity contribution in [2.45, 2.75) is 30.7 Å². The molecule has 1 fully saturated rings. The number of thioether (sulfide) groups is 1. The Kier molecular flexibility index (Phi) is 8.55. The molecule has 178 valence electrons. The predicted molar refractivity (Wildman–Crippen MR) is 123 cm³/mol. The van der Waals surface area contributed by atoms with Crippen LogP contribution in [-0.2, 0) is 4.74 Å². The number of nitrogens with one attached hydrogen (secondary N) is 2. The summed E-state index contributed by atoms with van der Waals surface area (Å²) < 4.78 is 37.8. The number of methoxy groups -OCH3 is 2. The number of ether oxygens (including phenoxy) is 2. The number of hydrazine groups is 1.